The lowest BCUT2D eigenvalue weighted by atomic mass is 9.99. The highest BCUT2D eigenvalue weighted by Crippen LogP contribution is 2.20. The Bertz CT molecular complexity index is 496. The second-order valence-corrected chi connectivity index (χ2v) is 5.08. The summed E-state index contributed by atoms with van der Waals surface area (Å²) in [7, 11) is 0. The summed E-state index contributed by atoms with van der Waals surface area (Å²) in [6, 6.07) is 8.98. The van der Waals surface area contributed by atoms with Crippen LogP contribution >= 0.6 is 0 Å². The van der Waals surface area contributed by atoms with E-state index in [4.69, 9.17) is 0 Å². The molecule has 20 heavy (non-hydrogen) atoms. The van der Waals surface area contributed by atoms with Crippen molar-refractivity contribution in [2.24, 2.45) is 5.92 Å². The molecule has 4 heteroatoms. The normalized spacial score (nSPS) is 18.7. The van der Waals surface area contributed by atoms with Crippen LogP contribution in [0, 0.1) is 5.92 Å². The Morgan fingerprint density at radius 2 is 2.05 bits per heavy atom. The van der Waals surface area contributed by atoms with Gasteiger partial charge in [0, 0.05) is 13.0 Å². The smallest absolute Gasteiger partial charge is 0.312 e. The maximum absolute atomic E-state index is 11.8. The molecule has 1 amide bonds. The van der Waals surface area contributed by atoms with Crippen LogP contribution in [0.2, 0.25) is 0 Å². The number of aliphatic carboxylic acids is 1. The minimum atomic E-state index is -0.919. The molecule has 1 aliphatic rings. The molecule has 106 valence electrons. The first-order valence-corrected chi connectivity index (χ1v) is 6.88. The van der Waals surface area contributed by atoms with E-state index in [1.54, 1.807) is 24.3 Å². The minimum Gasteiger partial charge on any atom is -0.481 e. The lowest BCUT2D eigenvalue weighted by Gasteiger charge is -2.14. The van der Waals surface area contributed by atoms with Gasteiger partial charge < -0.3 is 10.4 Å². The van der Waals surface area contributed by atoms with Crippen molar-refractivity contribution in [2.75, 3.05) is 6.54 Å². The van der Waals surface area contributed by atoms with E-state index in [0.29, 0.717) is 17.9 Å². The van der Waals surface area contributed by atoms with Crippen LogP contribution in [0.15, 0.2) is 42.5 Å². The third-order valence-corrected chi connectivity index (χ3v) is 3.56. The maximum atomic E-state index is 11.8. The van der Waals surface area contributed by atoms with Gasteiger partial charge in [-0.05, 0) is 24.3 Å². The first-order valence-electron chi connectivity index (χ1n) is 6.88. The van der Waals surface area contributed by atoms with E-state index in [9.17, 15) is 14.7 Å². The number of carbonyl (C=O) groups is 2. The van der Waals surface area contributed by atoms with Crippen molar-refractivity contribution in [1.82, 2.24) is 5.32 Å². The van der Waals surface area contributed by atoms with Gasteiger partial charge in [0.2, 0.25) is 5.91 Å². The predicted octanol–water partition coefficient (Wildman–Crippen LogP) is 2.33. The number of carbonyl (C=O) groups excluding carboxylic acids is 1. The van der Waals surface area contributed by atoms with Gasteiger partial charge in [0.05, 0.1) is 5.92 Å². The van der Waals surface area contributed by atoms with E-state index >= 15 is 0 Å². The summed E-state index contributed by atoms with van der Waals surface area (Å²) >= 11 is 0. The predicted molar refractivity (Wildman–Crippen MR) is 76.3 cm³/mol. The molecule has 0 aliphatic heterocycles. The molecule has 4 nitrogen and oxygen atoms in total. The Morgan fingerprint density at radius 3 is 2.65 bits per heavy atom. The van der Waals surface area contributed by atoms with Crippen LogP contribution in [0.3, 0.4) is 0 Å². The molecule has 2 unspecified atom stereocenters. The zero-order valence-corrected chi connectivity index (χ0v) is 11.3. The van der Waals surface area contributed by atoms with E-state index in [1.807, 2.05) is 6.07 Å². The average molecular weight is 273 g/mol. The van der Waals surface area contributed by atoms with Gasteiger partial charge in [0.25, 0.3) is 0 Å². The molecule has 2 rings (SSSR count). The lowest BCUT2D eigenvalue weighted by molar-refractivity contribution is -0.138. The molecular weight excluding hydrogens is 254 g/mol. The van der Waals surface area contributed by atoms with Crippen LogP contribution in [0.4, 0.5) is 0 Å². The Hall–Kier alpha value is -2.10. The van der Waals surface area contributed by atoms with E-state index < -0.39 is 11.9 Å². The number of benzene rings is 1. The molecule has 1 aliphatic carbocycles. The number of carboxylic acid groups (broad SMARTS) is 1. The van der Waals surface area contributed by atoms with Crippen molar-refractivity contribution in [3.8, 4) is 0 Å². The first-order chi connectivity index (χ1) is 9.66. The van der Waals surface area contributed by atoms with Crippen molar-refractivity contribution >= 4 is 11.9 Å². The monoisotopic (exact) mass is 273 g/mol. The number of nitrogens with one attached hydrogen (secondary N) is 1. The molecule has 0 saturated carbocycles. The van der Waals surface area contributed by atoms with E-state index in [0.717, 1.165) is 12.8 Å². The molecule has 1 aromatic rings. The number of carboxylic acids is 1. The van der Waals surface area contributed by atoms with Gasteiger partial charge in [-0.2, -0.15) is 0 Å². The van der Waals surface area contributed by atoms with Gasteiger partial charge >= 0.3 is 5.97 Å². The summed E-state index contributed by atoms with van der Waals surface area (Å²) in [5.41, 5.74) is 0.709. The minimum absolute atomic E-state index is 0.0799. The largest absolute Gasteiger partial charge is 0.481 e. The van der Waals surface area contributed by atoms with Crippen molar-refractivity contribution in [3.05, 3.63) is 48.0 Å². The van der Waals surface area contributed by atoms with Crippen LogP contribution in [0.25, 0.3) is 0 Å². The summed E-state index contributed by atoms with van der Waals surface area (Å²) < 4.78 is 0. The van der Waals surface area contributed by atoms with Crippen LogP contribution in [0.1, 0.15) is 30.7 Å². The Morgan fingerprint density at radius 1 is 1.30 bits per heavy atom. The highest BCUT2D eigenvalue weighted by Gasteiger charge is 2.21. The maximum Gasteiger partial charge on any atom is 0.312 e. The van der Waals surface area contributed by atoms with E-state index in [-0.39, 0.29) is 12.5 Å². The fourth-order valence-electron chi connectivity index (χ4n) is 2.42. The molecule has 0 bridgehead atoms. The summed E-state index contributed by atoms with van der Waals surface area (Å²) in [4.78, 5) is 23.1. The second kappa shape index (κ2) is 6.89. The number of allylic oxidation sites excluding steroid dienone is 2. The third kappa shape index (κ3) is 3.95. The Labute approximate surface area is 118 Å². The topological polar surface area (TPSA) is 66.4 Å². The average Bonchev–Trinajstić information content (AvgIpc) is 2.92. The van der Waals surface area contributed by atoms with E-state index in [2.05, 4.69) is 17.5 Å². The van der Waals surface area contributed by atoms with Gasteiger partial charge in [-0.3, -0.25) is 9.59 Å². The molecule has 0 fully saturated rings. The van der Waals surface area contributed by atoms with Gasteiger partial charge in [-0.15, -0.1) is 0 Å². The number of hydrogen-bond acceptors (Lipinski definition) is 2. The summed E-state index contributed by atoms with van der Waals surface area (Å²) in [5, 5.41) is 12.0. The number of rotatable bonds is 6. The number of hydrogen-bond donors (Lipinski definition) is 2. The van der Waals surface area contributed by atoms with Gasteiger partial charge in [-0.1, -0.05) is 42.5 Å². The molecule has 0 aromatic heterocycles. The quantitative estimate of drug-likeness (QED) is 0.782. The molecule has 2 atom stereocenters. The van der Waals surface area contributed by atoms with Gasteiger partial charge in [0.1, 0.15) is 0 Å². The summed E-state index contributed by atoms with van der Waals surface area (Å²) in [6.07, 6.45) is 6.62. The van der Waals surface area contributed by atoms with Gasteiger partial charge in [0.15, 0.2) is 0 Å². The fourth-order valence-corrected chi connectivity index (χ4v) is 2.42. The Balaban J connectivity index is 1.87. The summed E-state index contributed by atoms with van der Waals surface area (Å²) in [5.74, 6) is -1.39. The van der Waals surface area contributed by atoms with Gasteiger partial charge in [-0.25, -0.2) is 0 Å². The zero-order chi connectivity index (χ0) is 14.4. The molecule has 0 spiro atoms. The zero-order valence-electron chi connectivity index (χ0n) is 11.3. The van der Waals surface area contributed by atoms with Crippen molar-refractivity contribution in [1.29, 1.82) is 0 Å². The fraction of sp³-hybridized carbons (Fsp3) is 0.375. The lowest BCUT2D eigenvalue weighted by Crippen LogP contribution is -2.32. The second-order valence-electron chi connectivity index (χ2n) is 5.08. The standard InChI is InChI=1S/C16H19NO3/c18-15(10-12-6-4-5-7-12)17-11-14(16(19)20)13-8-2-1-3-9-13/h1-4,6,8-9,12,14H,5,7,10-11H2,(H,17,18)(H,19,20). The Kier molecular flexibility index (Phi) is 4.93. The molecule has 2 N–H and O–H groups in total. The number of amides is 1. The van der Waals surface area contributed by atoms with Crippen molar-refractivity contribution in [3.63, 3.8) is 0 Å². The van der Waals surface area contributed by atoms with Crippen LogP contribution < -0.4 is 5.32 Å². The van der Waals surface area contributed by atoms with Crippen molar-refractivity contribution in [2.45, 2.75) is 25.2 Å². The molecule has 1 aromatic carbocycles. The summed E-state index contributed by atoms with van der Waals surface area (Å²) in [6.45, 7) is 0.134. The highest BCUT2D eigenvalue weighted by molar-refractivity contribution is 5.80. The highest BCUT2D eigenvalue weighted by atomic mass is 16.4. The van der Waals surface area contributed by atoms with Crippen molar-refractivity contribution < 1.29 is 14.7 Å². The van der Waals surface area contributed by atoms with E-state index in [1.165, 1.54) is 0 Å². The molecule has 0 radical (unpaired) electrons. The first kappa shape index (κ1) is 14.3. The van der Waals surface area contributed by atoms with Crippen LogP contribution in [0.5, 0.6) is 0 Å². The molecular formula is C16H19NO3. The van der Waals surface area contributed by atoms with Crippen LogP contribution in [-0.2, 0) is 9.59 Å². The molecule has 0 saturated heterocycles. The third-order valence-electron chi connectivity index (χ3n) is 3.56. The molecule has 0 heterocycles. The SMILES string of the molecule is O=C(CC1C=CCC1)NCC(C(=O)O)c1ccccc1. The van der Waals surface area contributed by atoms with Crippen LogP contribution in [-0.4, -0.2) is 23.5 Å².